The fourth-order valence-electron chi connectivity index (χ4n) is 1.14. The number of nitrogens with two attached hydrogens (primary N) is 1. The van der Waals surface area contributed by atoms with Crippen LogP contribution in [0.15, 0.2) is 15.7 Å². The van der Waals surface area contributed by atoms with Crippen molar-refractivity contribution >= 4 is 38.8 Å². The second kappa shape index (κ2) is 5.90. The highest BCUT2D eigenvalue weighted by Gasteiger charge is 2.16. The van der Waals surface area contributed by atoms with Crippen LogP contribution < -0.4 is 10.5 Å². The number of hydrogen-bond donors (Lipinski definition) is 2. The lowest BCUT2D eigenvalue weighted by molar-refractivity contribution is 0.564. The van der Waals surface area contributed by atoms with Gasteiger partial charge in [-0.1, -0.05) is 6.92 Å². The molecule has 0 aliphatic heterocycles. The number of thioether (sulfide) groups is 1. The summed E-state index contributed by atoms with van der Waals surface area (Å²) >= 11 is 2.85. The van der Waals surface area contributed by atoms with Gasteiger partial charge in [0.15, 0.2) is 0 Å². The molecule has 0 aliphatic carbocycles. The number of sulfonamides is 1. The Morgan fingerprint density at radius 2 is 2.31 bits per heavy atom. The average Bonchev–Trinajstić information content (AvgIpc) is 2.63. The summed E-state index contributed by atoms with van der Waals surface area (Å²) in [7, 11) is -3.37. The van der Waals surface area contributed by atoms with Crippen molar-refractivity contribution in [3.63, 3.8) is 0 Å². The third-order valence-electron chi connectivity index (χ3n) is 1.93. The first kappa shape index (κ1) is 13.8. The van der Waals surface area contributed by atoms with Crippen LogP contribution in [0.4, 0.5) is 5.69 Å². The first-order valence-electron chi connectivity index (χ1n) is 4.78. The van der Waals surface area contributed by atoms with Crippen molar-refractivity contribution in [1.82, 2.24) is 4.72 Å². The zero-order chi connectivity index (χ0) is 12.2. The summed E-state index contributed by atoms with van der Waals surface area (Å²) in [4.78, 5) is 0. The highest BCUT2D eigenvalue weighted by atomic mass is 32.2. The molecule has 16 heavy (non-hydrogen) atoms. The molecule has 7 heteroatoms. The lowest BCUT2D eigenvalue weighted by Gasteiger charge is -2.10. The van der Waals surface area contributed by atoms with Crippen molar-refractivity contribution in [2.24, 2.45) is 5.92 Å². The molecular weight excluding hydrogens is 264 g/mol. The molecule has 0 aliphatic rings. The zero-order valence-electron chi connectivity index (χ0n) is 9.26. The van der Waals surface area contributed by atoms with Crippen LogP contribution in [-0.2, 0) is 10.0 Å². The van der Waals surface area contributed by atoms with Gasteiger partial charge in [0, 0.05) is 17.6 Å². The zero-order valence-corrected chi connectivity index (χ0v) is 11.7. The molecule has 92 valence electrons. The molecule has 0 radical (unpaired) electrons. The van der Waals surface area contributed by atoms with Crippen molar-refractivity contribution in [3.05, 3.63) is 11.4 Å². The van der Waals surface area contributed by atoms with E-state index >= 15 is 0 Å². The molecule has 0 spiro atoms. The molecule has 1 rings (SSSR count). The van der Waals surface area contributed by atoms with E-state index in [9.17, 15) is 8.42 Å². The van der Waals surface area contributed by atoms with E-state index in [4.69, 9.17) is 5.73 Å². The highest BCUT2D eigenvalue weighted by molar-refractivity contribution is 7.98. The quantitative estimate of drug-likeness (QED) is 0.830. The monoisotopic (exact) mass is 280 g/mol. The maximum absolute atomic E-state index is 11.8. The summed E-state index contributed by atoms with van der Waals surface area (Å²) < 4.78 is 26.4. The van der Waals surface area contributed by atoms with Gasteiger partial charge in [-0.15, -0.1) is 11.3 Å². The summed E-state index contributed by atoms with van der Waals surface area (Å²) in [5, 5.41) is 1.62. The molecule has 3 N–H and O–H groups in total. The van der Waals surface area contributed by atoms with Gasteiger partial charge in [-0.25, -0.2) is 13.1 Å². The molecule has 1 heterocycles. The van der Waals surface area contributed by atoms with Crippen LogP contribution in [0.3, 0.4) is 0 Å². The Morgan fingerprint density at radius 1 is 1.62 bits per heavy atom. The summed E-state index contributed by atoms with van der Waals surface area (Å²) in [6.07, 6.45) is 2.00. The Bertz CT molecular complexity index is 428. The number of nitrogens with one attached hydrogen (secondary N) is 1. The Balaban J connectivity index is 2.59. The van der Waals surface area contributed by atoms with Gasteiger partial charge < -0.3 is 5.73 Å². The maximum atomic E-state index is 11.8. The SMILES string of the molecule is CSCC(C)CNS(=O)(=O)c1cc(N)cs1. The largest absolute Gasteiger partial charge is 0.398 e. The first-order chi connectivity index (χ1) is 7.45. The van der Waals surface area contributed by atoms with E-state index in [1.165, 1.54) is 6.07 Å². The van der Waals surface area contributed by atoms with E-state index in [1.54, 1.807) is 17.1 Å². The van der Waals surface area contributed by atoms with Gasteiger partial charge in [0.25, 0.3) is 0 Å². The molecule has 1 atom stereocenters. The van der Waals surface area contributed by atoms with E-state index in [1.807, 2.05) is 13.2 Å². The summed E-state index contributed by atoms with van der Waals surface area (Å²) in [6.45, 7) is 2.47. The molecular formula is C9H16N2O2S3. The predicted octanol–water partition coefficient (Wildman–Crippen LogP) is 1.61. The van der Waals surface area contributed by atoms with Crippen LogP contribution in [0.2, 0.25) is 0 Å². The summed E-state index contributed by atoms with van der Waals surface area (Å²) in [6, 6.07) is 1.48. The number of rotatable bonds is 6. The minimum atomic E-state index is -3.37. The van der Waals surface area contributed by atoms with E-state index in [-0.39, 0.29) is 4.21 Å². The molecule has 0 saturated heterocycles. The van der Waals surface area contributed by atoms with Gasteiger partial charge in [-0.05, 0) is 24.0 Å². The number of hydrogen-bond acceptors (Lipinski definition) is 5. The second-order valence-corrected chi connectivity index (χ2v) is 7.43. The molecule has 0 amide bonds. The molecule has 4 nitrogen and oxygen atoms in total. The van der Waals surface area contributed by atoms with E-state index in [0.717, 1.165) is 17.1 Å². The topological polar surface area (TPSA) is 72.2 Å². The van der Waals surface area contributed by atoms with Crippen LogP contribution in [0.25, 0.3) is 0 Å². The van der Waals surface area contributed by atoms with Gasteiger partial charge in [0.2, 0.25) is 10.0 Å². The van der Waals surface area contributed by atoms with Crippen molar-refractivity contribution in [3.8, 4) is 0 Å². The summed E-state index contributed by atoms with van der Waals surface area (Å²) in [5.41, 5.74) is 5.98. The van der Waals surface area contributed by atoms with E-state index in [2.05, 4.69) is 4.72 Å². The molecule has 1 unspecified atom stereocenters. The van der Waals surface area contributed by atoms with Crippen LogP contribution in [0, 0.1) is 5.92 Å². The number of anilines is 1. The average molecular weight is 280 g/mol. The smallest absolute Gasteiger partial charge is 0.250 e. The van der Waals surface area contributed by atoms with Crippen molar-refractivity contribution < 1.29 is 8.42 Å². The fraction of sp³-hybridized carbons (Fsp3) is 0.556. The fourth-order valence-corrected chi connectivity index (χ4v) is 4.11. The second-order valence-electron chi connectivity index (χ2n) is 3.61. The van der Waals surface area contributed by atoms with Crippen LogP contribution in [-0.4, -0.2) is 27.0 Å². The van der Waals surface area contributed by atoms with Gasteiger partial charge in [-0.2, -0.15) is 11.8 Å². The Hall–Kier alpha value is -0.240. The molecule has 0 saturated carbocycles. The lowest BCUT2D eigenvalue weighted by atomic mass is 10.2. The summed E-state index contributed by atoms with van der Waals surface area (Å²) in [5.74, 6) is 1.26. The van der Waals surface area contributed by atoms with Gasteiger partial charge >= 0.3 is 0 Å². The van der Waals surface area contributed by atoms with E-state index < -0.39 is 10.0 Å². The highest BCUT2D eigenvalue weighted by Crippen LogP contribution is 2.21. The van der Waals surface area contributed by atoms with Gasteiger partial charge in [0.1, 0.15) is 4.21 Å². The molecule has 1 aromatic rings. The van der Waals surface area contributed by atoms with Crippen LogP contribution in [0.1, 0.15) is 6.92 Å². The number of thiophene rings is 1. The Kier molecular flexibility index (Phi) is 5.10. The van der Waals surface area contributed by atoms with Crippen molar-refractivity contribution in [1.29, 1.82) is 0 Å². The Labute approximate surface area is 105 Å². The van der Waals surface area contributed by atoms with Crippen LogP contribution in [0.5, 0.6) is 0 Å². The van der Waals surface area contributed by atoms with Crippen molar-refractivity contribution in [2.45, 2.75) is 11.1 Å². The first-order valence-corrected chi connectivity index (χ1v) is 8.54. The number of nitrogen functional groups attached to an aromatic ring is 1. The van der Waals surface area contributed by atoms with Crippen molar-refractivity contribution in [2.75, 3.05) is 24.3 Å². The van der Waals surface area contributed by atoms with Gasteiger partial charge in [0.05, 0.1) is 0 Å². The maximum Gasteiger partial charge on any atom is 0.250 e. The van der Waals surface area contributed by atoms with Gasteiger partial charge in [-0.3, -0.25) is 0 Å². The molecule has 0 bridgehead atoms. The third kappa shape index (κ3) is 3.97. The predicted molar refractivity (Wildman–Crippen MR) is 71.5 cm³/mol. The lowest BCUT2D eigenvalue weighted by Crippen LogP contribution is -2.28. The molecule has 1 aromatic heterocycles. The normalized spacial score (nSPS) is 13.9. The molecule has 0 fully saturated rings. The minimum Gasteiger partial charge on any atom is -0.398 e. The Morgan fingerprint density at radius 3 is 2.81 bits per heavy atom. The standard InChI is InChI=1S/C9H16N2O2S3/c1-7(5-14-2)4-11-16(12,13)9-3-8(10)6-15-9/h3,6-7,11H,4-5,10H2,1-2H3. The third-order valence-corrected chi connectivity index (χ3v) is 5.72. The van der Waals surface area contributed by atoms with E-state index in [0.29, 0.717) is 18.2 Å². The molecule has 0 aromatic carbocycles. The minimum absolute atomic E-state index is 0.279. The van der Waals surface area contributed by atoms with Crippen LogP contribution >= 0.6 is 23.1 Å².